The summed E-state index contributed by atoms with van der Waals surface area (Å²) in [6, 6.07) is 9.34. The monoisotopic (exact) mass is 386 g/mol. The zero-order valence-corrected chi connectivity index (χ0v) is 15.1. The molecule has 0 unspecified atom stereocenters. The minimum Gasteiger partial charge on any atom is -0.497 e. The van der Waals surface area contributed by atoms with Gasteiger partial charge in [0.2, 0.25) is 5.16 Å². The molecule has 0 atom stereocenters. The number of non-ortho nitro benzene ring substituents is 1. The van der Waals surface area contributed by atoms with Gasteiger partial charge in [0.05, 0.1) is 19.1 Å². The van der Waals surface area contributed by atoms with E-state index in [1.807, 2.05) is 0 Å². The number of aromatic amines is 1. The first-order valence-electron chi connectivity index (χ1n) is 7.61. The average molecular weight is 386 g/mol. The van der Waals surface area contributed by atoms with Crippen LogP contribution in [0.15, 0.2) is 46.5 Å². The number of nitrogens with one attached hydrogen (secondary N) is 1. The molecule has 3 aromatic rings. The quantitative estimate of drug-likeness (QED) is 0.373. The van der Waals surface area contributed by atoms with Gasteiger partial charge in [-0.05, 0) is 30.0 Å². The molecule has 0 saturated carbocycles. The van der Waals surface area contributed by atoms with Crippen LogP contribution >= 0.6 is 11.8 Å². The number of nitro groups is 1. The highest BCUT2D eigenvalue weighted by Crippen LogP contribution is 2.32. The Kier molecular flexibility index (Phi) is 5.36. The molecule has 0 saturated heterocycles. The molecule has 1 heterocycles. The Bertz CT molecular complexity index is 982. The molecule has 0 spiro atoms. The van der Waals surface area contributed by atoms with E-state index >= 15 is 0 Å². The van der Waals surface area contributed by atoms with Crippen LogP contribution in [0.2, 0.25) is 0 Å². The number of nitrogens with zero attached hydrogens (tertiary/aromatic N) is 3. The van der Waals surface area contributed by atoms with Crippen LogP contribution < -0.4 is 9.47 Å². The van der Waals surface area contributed by atoms with Crippen LogP contribution in [0, 0.1) is 10.1 Å². The van der Waals surface area contributed by atoms with E-state index in [1.165, 1.54) is 18.2 Å². The standard InChI is InChI=1S/C17H14N4O5S/c1-25-13-6-10(7-14(8-13)26-2)16-18-17(20-19-16)27-15-4-3-12(21(23)24)5-11(15)9-22/h3-9H,1-2H3,(H,18,19,20). The molecular weight excluding hydrogens is 372 g/mol. The number of carbonyl (C=O) groups is 1. The van der Waals surface area contributed by atoms with Gasteiger partial charge in [0.15, 0.2) is 12.1 Å². The van der Waals surface area contributed by atoms with Gasteiger partial charge in [-0.25, -0.2) is 4.98 Å². The molecule has 0 aliphatic rings. The molecule has 10 heteroatoms. The van der Waals surface area contributed by atoms with Crippen molar-refractivity contribution >= 4 is 23.7 Å². The average Bonchev–Trinajstić information content (AvgIpc) is 3.16. The van der Waals surface area contributed by atoms with Gasteiger partial charge in [0.25, 0.3) is 5.69 Å². The normalized spacial score (nSPS) is 10.4. The summed E-state index contributed by atoms with van der Waals surface area (Å²) in [6.45, 7) is 0. The zero-order valence-electron chi connectivity index (χ0n) is 14.3. The predicted octanol–water partition coefficient (Wildman–Crippen LogP) is 3.36. The molecule has 2 aromatic carbocycles. The summed E-state index contributed by atoms with van der Waals surface area (Å²) in [4.78, 5) is 26.4. The Morgan fingerprint density at radius 2 is 1.85 bits per heavy atom. The summed E-state index contributed by atoms with van der Waals surface area (Å²) >= 11 is 1.12. The Morgan fingerprint density at radius 3 is 2.44 bits per heavy atom. The van der Waals surface area contributed by atoms with Crippen LogP contribution in [0.3, 0.4) is 0 Å². The van der Waals surface area contributed by atoms with E-state index in [4.69, 9.17) is 9.47 Å². The lowest BCUT2D eigenvalue weighted by Crippen LogP contribution is -1.92. The Hall–Kier alpha value is -3.40. The Morgan fingerprint density at radius 1 is 1.15 bits per heavy atom. The van der Waals surface area contributed by atoms with Crippen molar-refractivity contribution in [2.45, 2.75) is 10.1 Å². The summed E-state index contributed by atoms with van der Waals surface area (Å²) in [6.07, 6.45) is 0.565. The van der Waals surface area contributed by atoms with Gasteiger partial charge in [-0.2, -0.15) is 0 Å². The lowest BCUT2D eigenvalue weighted by molar-refractivity contribution is -0.384. The van der Waals surface area contributed by atoms with Crippen LogP contribution in [0.25, 0.3) is 11.4 Å². The van der Waals surface area contributed by atoms with Crippen molar-refractivity contribution in [3.63, 3.8) is 0 Å². The minimum absolute atomic E-state index is 0.152. The fourth-order valence-electron chi connectivity index (χ4n) is 2.30. The molecule has 0 amide bonds. The van der Waals surface area contributed by atoms with Gasteiger partial charge in [0, 0.05) is 34.2 Å². The third kappa shape index (κ3) is 4.06. The summed E-state index contributed by atoms with van der Waals surface area (Å²) in [5.74, 6) is 1.70. The molecule has 0 aliphatic carbocycles. The first kappa shape index (κ1) is 18.4. The third-order valence-corrected chi connectivity index (χ3v) is 4.58. The van der Waals surface area contributed by atoms with Gasteiger partial charge in [-0.1, -0.05) is 0 Å². The number of ether oxygens (including phenoxy) is 2. The Labute approximate surface area is 157 Å². The summed E-state index contributed by atoms with van der Waals surface area (Å²) in [7, 11) is 3.10. The van der Waals surface area contributed by atoms with Crippen molar-refractivity contribution in [1.29, 1.82) is 0 Å². The lowest BCUT2D eigenvalue weighted by Gasteiger charge is -2.06. The summed E-state index contributed by atoms with van der Waals surface area (Å²) < 4.78 is 10.5. The molecule has 1 N–H and O–H groups in total. The number of aldehydes is 1. The van der Waals surface area contributed by atoms with E-state index < -0.39 is 4.92 Å². The molecule has 3 rings (SSSR count). The second-order valence-electron chi connectivity index (χ2n) is 5.27. The zero-order chi connectivity index (χ0) is 19.4. The molecule has 0 radical (unpaired) electrons. The number of hydrogen-bond donors (Lipinski definition) is 1. The highest BCUT2D eigenvalue weighted by Gasteiger charge is 2.15. The number of methoxy groups -OCH3 is 2. The van der Waals surface area contributed by atoms with E-state index in [0.717, 1.165) is 11.8 Å². The van der Waals surface area contributed by atoms with Gasteiger partial charge >= 0.3 is 0 Å². The van der Waals surface area contributed by atoms with Crippen molar-refractivity contribution < 1.29 is 19.2 Å². The smallest absolute Gasteiger partial charge is 0.270 e. The van der Waals surface area contributed by atoms with Crippen molar-refractivity contribution in [3.8, 4) is 22.9 Å². The number of H-pyrrole nitrogens is 1. The highest BCUT2D eigenvalue weighted by molar-refractivity contribution is 7.99. The molecule has 0 aliphatic heterocycles. The van der Waals surface area contributed by atoms with Gasteiger partial charge in [0.1, 0.15) is 11.5 Å². The molecule has 0 bridgehead atoms. The fourth-order valence-corrected chi connectivity index (χ4v) is 3.08. The van der Waals surface area contributed by atoms with Crippen molar-refractivity contribution in [1.82, 2.24) is 15.2 Å². The molecule has 1 aromatic heterocycles. The first-order chi connectivity index (χ1) is 13.0. The topological polar surface area (TPSA) is 120 Å². The molecule has 0 fully saturated rings. The van der Waals surface area contributed by atoms with Gasteiger partial charge in [-0.3, -0.25) is 20.0 Å². The number of aromatic nitrogens is 3. The SMILES string of the molecule is COc1cc(OC)cc(-c2nc(Sc3ccc([N+](=O)[O-])cc3C=O)n[nH]2)c1. The molecular formula is C17H14N4O5S. The number of hydrogen-bond acceptors (Lipinski definition) is 8. The van der Waals surface area contributed by atoms with E-state index in [1.54, 1.807) is 32.4 Å². The third-order valence-electron chi connectivity index (χ3n) is 3.62. The maximum absolute atomic E-state index is 11.2. The lowest BCUT2D eigenvalue weighted by atomic mass is 10.2. The molecule has 27 heavy (non-hydrogen) atoms. The van der Waals surface area contributed by atoms with Crippen molar-refractivity contribution in [3.05, 3.63) is 52.1 Å². The summed E-state index contributed by atoms with van der Waals surface area (Å²) in [5.41, 5.74) is 0.758. The number of benzene rings is 2. The van der Waals surface area contributed by atoms with Crippen LogP contribution in [0.4, 0.5) is 5.69 Å². The van der Waals surface area contributed by atoms with Crippen molar-refractivity contribution in [2.75, 3.05) is 14.2 Å². The second kappa shape index (κ2) is 7.87. The number of carbonyl (C=O) groups excluding carboxylic acids is 1. The van der Waals surface area contributed by atoms with Crippen molar-refractivity contribution in [2.24, 2.45) is 0 Å². The van der Waals surface area contributed by atoms with Gasteiger partial charge < -0.3 is 9.47 Å². The molecule has 138 valence electrons. The largest absolute Gasteiger partial charge is 0.497 e. The highest BCUT2D eigenvalue weighted by atomic mass is 32.2. The van der Waals surface area contributed by atoms with E-state index in [0.29, 0.717) is 39.2 Å². The minimum atomic E-state index is -0.553. The maximum Gasteiger partial charge on any atom is 0.270 e. The van der Waals surface area contributed by atoms with E-state index in [2.05, 4.69) is 15.2 Å². The Balaban J connectivity index is 1.89. The second-order valence-corrected chi connectivity index (χ2v) is 6.28. The predicted molar refractivity (Wildman–Crippen MR) is 97.5 cm³/mol. The van der Waals surface area contributed by atoms with Crippen LogP contribution in [-0.2, 0) is 0 Å². The van der Waals surface area contributed by atoms with Crippen LogP contribution in [0.5, 0.6) is 11.5 Å². The summed E-state index contributed by atoms with van der Waals surface area (Å²) in [5, 5.41) is 18.2. The fraction of sp³-hybridized carbons (Fsp3) is 0.118. The first-order valence-corrected chi connectivity index (χ1v) is 8.43. The van der Waals surface area contributed by atoms with E-state index in [9.17, 15) is 14.9 Å². The van der Waals surface area contributed by atoms with Crippen LogP contribution in [0.1, 0.15) is 10.4 Å². The van der Waals surface area contributed by atoms with E-state index in [-0.39, 0.29) is 11.3 Å². The molecule has 9 nitrogen and oxygen atoms in total. The van der Waals surface area contributed by atoms with Crippen LogP contribution in [-0.4, -0.2) is 40.6 Å². The van der Waals surface area contributed by atoms with Gasteiger partial charge in [-0.15, -0.1) is 5.10 Å². The number of nitro benzene ring substituents is 1. The maximum atomic E-state index is 11.2. The number of rotatable bonds is 7.